The Hall–Kier alpha value is -1.37. The van der Waals surface area contributed by atoms with Gasteiger partial charge in [0, 0.05) is 19.3 Å². The molecule has 0 radical (unpaired) electrons. The third kappa shape index (κ3) is 2.66. The first kappa shape index (κ1) is 12.1. The number of hydrogen-bond donors (Lipinski definition) is 1. The van der Waals surface area contributed by atoms with Crippen LogP contribution >= 0.6 is 0 Å². The highest BCUT2D eigenvalue weighted by Gasteiger charge is 2.27. The summed E-state index contributed by atoms with van der Waals surface area (Å²) >= 11 is 0. The first-order chi connectivity index (χ1) is 7.98. The Morgan fingerprint density at radius 1 is 1.29 bits per heavy atom. The lowest BCUT2D eigenvalue weighted by Gasteiger charge is -2.32. The molecule has 6 nitrogen and oxygen atoms in total. The van der Waals surface area contributed by atoms with Crippen molar-refractivity contribution in [2.24, 2.45) is 0 Å². The minimum Gasteiger partial charge on any atom is -0.396 e. The molecule has 1 aromatic heterocycles. The van der Waals surface area contributed by atoms with E-state index in [0.29, 0.717) is 31.6 Å². The van der Waals surface area contributed by atoms with Crippen molar-refractivity contribution in [1.82, 2.24) is 10.2 Å². The molecule has 2 N–H and O–H groups in total. The van der Waals surface area contributed by atoms with E-state index < -0.39 is 9.84 Å². The van der Waals surface area contributed by atoms with Crippen molar-refractivity contribution in [3.05, 3.63) is 12.4 Å². The van der Waals surface area contributed by atoms with E-state index >= 15 is 0 Å². The van der Waals surface area contributed by atoms with Crippen LogP contribution < -0.4 is 10.6 Å². The Kier molecular flexibility index (Phi) is 3.19. The lowest BCUT2D eigenvalue weighted by Crippen LogP contribution is -2.39. The van der Waals surface area contributed by atoms with Crippen LogP contribution in [0.4, 0.5) is 11.4 Å². The number of hydrogen-bond acceptors (Lipinski definition) is 6. The largest absolute Gasteiger partial charge is 0.396 e. The third-order valence-corrected chi connectivity index (χ3v) is 4.81. The van der Waals surface area contributed by atoms with Crippen molar-refractivity contribution in [2.75, 3.05) is 30.0 Å². The van der Waals surface area contributed by atoms with Gasteiger partial charge in [0.15, 0.2) is 0 Å². The van der Waals surface area contributed by atoms with Gasteiger partial charge in [0.2, 0.25) is 0 Å². The number of nitrogens with two attached hydrogens (primary N) is 1. The predicted molar refractivity (Wildman–Crippen MR) is 66.5 cm³/mol. The summed E-state index contributed by atoms with van der Waals surface area (Å²) in [5.41, 5.74) is 7.23. The molecule has 0 bridgehead atoms. The number of anilines is 2. The van der Waals surface area contributed by atoms with Crippen LogP contribution in [0.3, 0.4) is 0 Å². The van der Waals surface area contributed by atoms with Crippen LogP contribution in [0, 0.1) is 0 Å². The normalized spacial score (nSPS) is 18.3. The maximum absolute atomic E-state index is 11.4. The van der Waals surface area contributed by atoms with Gasteiger partial charge in [-0.2, -0.15) is 10.2 Å². The van der Waals surface area contributed by atoms with E-state index in [1.807, 2.05) is 0 Å². The van der Waals surface area contributed by atoms with Crippen molar-refractivity contribution >= 4 is 21.2 Å². The summed E-state index contributed by atoms with van der Waals surface area (Å²) in [5.74, 6) is 0. The number of nitrogens with zero attached hydrogens (tertiary/aromatic N) is 3. The molecule has 1 aliphatic rings. The van der Waals surface area contributed by atoms with E-state index in [-0.39, 0.29) is 5.25 Å². The van der Waals surface area contributed by atoms with Crippen molar-refractivity contribution in [1.29, 1.82) is 0 Å². The maximum Gasteiger partial charge on any atom is 0.150 e. The zero-order valence-electron chi connectivity index (χ0n) is 9.70. The maximum atomic E-state index is 11.4. The van der Waals surface area contributed by atoms with Crippen LogP contribution in [0.1, 0.15) is 12.8 Å². The van der Waals surface area contributed by atoms with Crippen LogP contribution in [-0.4, -0.2) is 43.2 Å². The number of sulfone groups is 1. The van der Waals surface area contributed by atoms with Crippen LogP contribution in [0.5, 0.6) is 0 Å². The second-order valence-electron chi connectivity index (χ2n) is 4.35. The second kappa shape index (κ2) is 4.48. The zero-order chi connectivity index (χ0) is 12.5. The molecule has 0 atom stereocenters. The molecular weight excluding hydrogens is 240 g/mol. The van der Waals surface area contributed by atoms with Gasteiger partial charge < -0.3 is 10.6 Å². The van der Waals surface area contributed by atoms with E-state index in [1.165, 1.54) is 12.5 Å². The van der Waals surface area contributed by atoms with Crippen LogP contribution in [0.15, 0.2) is 12.4 Å². The van der Waals surface area contributed by atoms with Gasteiger partial charge in [0.05, 0.1) is 29.0 Å². The number of rotatable bonds is 2. The summed E-state index contributed by atoms with van der Waals surface area (Å²) in [5, 5.41) is 7.27. The van der Waals surface area contributed by atoms with Gasteiger partial charge in [-0.05, 0) is 12.8 Å². The van der Waals surface area contributed by atoms with Gasteiger partial charge in [-0.1, -0.05) is 0 Å². The molecule has 0 aromatic carbocycles. The van der Waals surface area contributed by atoms with Gasteiger partial charge in [-0.15, -0.1) is 0 Å². The molecule has 0 spiro atoms. The number of aromatic nitrogens is 2. The van der Waals surface area contributed by atoms with E-state index in [2.05, 4.69) is 15.1 Å². The van der Waals surface area contributed by atoms with Gasteiger partial charge >= 0.3 is 0 Å². The summed E-state index contributed by atoms with van der Waals surface area (Å²) < 4.78 is 22.9. The Balaban J connectivity index is 2.08. The highest BCUT2D eigenvalue weighted by Crippen LogP contribution is 2.26. The summed E-state index contributed by atoms with van der Waals surface area (Å²) in [4.78, 5) is 2.06. The Labute approximate surface area is 101 Å². The molecule has 7 heteroatoms. The molecule has 1 saturated heterocycles. The molecule has 0 saturated carbocycles. The van der Waals surface area contributed by atoms with E-state index in [1.54, 1.807) is 6.20 Å². The Bertz CT molecular complexity index is 495. The average Bonchev–Trinajstić information content (AvgIpc) is 2.29. The van der Waals surface area contributed by atoms with Crippen molar-refractivity contribution in [3.63, 3.8) is 0 Å². The molecule has 0 unspecified atom stereocenters. The molecule has 2 heterocycles. The minimum absolute atomic E-state index is 0.227. The molecule has 17 heavy (non-hydrogen) atoms. The molecule has 0 aliphatic carbocycles. The van der Waals surface area contributed by atoms with Gasteiger partial charge in [0.25, 0.3) is 0 Å². The lowest BCUT2D eigenvalue weighted by molar-refractivity contribution is 0.534. The summed E-state index contributed by atoms with van der Waals surface area (Å²) in [7, 11) is -2.93. The zero-order valence-corrected chi connectivity index (χ0v) is 10.5. The summed E-state index contributed by atoms with van der Waals surface area (Å²) in [6.45, 7) is 1.38. The van der Waals surface area contributed by atoms with Gasteiger partial charge in [0.1, 0.15) is 9.84 Å². The highest BCUT2D eigenvalue weighted by atomic mass is 32.2. The number of nitrogen functional groups attached to an aromatic ring is 1. The standard InChI is InChI=1S/C10H16N4O2S/c1-17(15,16)8-2-4-14(5-3-8)10-7-13-12-6-9(10)11/h6-8H,2-5H2,1H3,(H2,11,13). The Morgan fingerprint density at radius 3 is 2.41 bits per heavy atom. The first-order valence-electron chi connectivity index (χ1n) is 5.48. The van der Waals surface area contributed by atoms with E-state index in [9.17, 15) is 8.42 Å². The number of piperidine rings is 1. The fraction of sp³-hybridized carbons (Fsp3) is 0.600. The van der Waals surface area contributed by atoms with Crippen LogP contribution in [-0.2, 0) is 9.84 Å². The quantitative estimate of drug-likeness (QED) is 0.805. The van der Waals surface area contributed by atoms with E-state index in [0.717, 1.165) is 5.69 Å². The van der Waals surface area contributed by atoms with Crippen molar-refractivity contribution in [2.45, 2.75) is 18.1 Å². The topological polar surface area (TPSA) is 89.2 Å². The second-order valence-corrected chi connectivity index (χ2v) is 6.67. The van der Waals surface area contributed by atoms with Crippen LogP contribution in [0.2, 0.25) is 0 Å². The average molecular weight is 256 g/mol. The molecule has 1 fully saturated rings. The Morgan fingerprint density at radius 2 is 1.88 bits per heavy atom. The third-order valence-electron chi connectivity index (χ3n) is 3.13. The molecule has 94 valence electrons. The molecular formula is C10H16N4O2S. The van der Waals surface area contributed by atoms with Crippen molar-refractivity contribution < 1.29 is 8.42 Å². The minimum atomic E-state index is -2.93. The van der Waals surface area contributed by atoms with Crippen molar-refractivity contribution in [3.8, 4) is 0 Å². The lowest BCUT2D eigenvalue weighted by atomic mass is 10.1. The SMILES string of the molecule is CS(=O)(=O)C1CCN(c2cnncc2N)CC1. The molecule has 1 aromatic rings. The van der Waals surface area contributed by atoms with Gasteiger partial charge in [-0.25, -0.2) is 8.42 Å². The monoisotopic (exact) mass is 256 g/mol. The molecule has 2 rings (SSSR count). The summed E-state index contributed by atoms with van der Waals surface area (Å²) in [6, 6.07) is 0. The molecule has 0 amide bonds. The fourth-order valence-corrected chi connectivity index (χ4v) is 3.18. The highest BCUT2D eigenvalue weighted by molar-refractivity contribution is 7.91. The predicted octanol–water partition coefficient (Wildman–Crippen LogP) is 0.0722. The van der Waals surface area contributed by atoms with Gasteiger partial charge in [-0.3, -0.25) is 0 Å². The van der Waals surface area contributed by atoms with Crippen LogP contribution in [0.25, 0.3) is 0 Å². The fourth-order valence-electron chi connectivity index (χ4n) is 2.11. The summed E-state index contributed by atoms with van der Waals surface area (Å²) in [6.07, 6.45) is 5.71. The first-order valence-corrected chi connectivity index (χ1v) is 7.44. The van der Waals surface area contributed by atoms with E-state index in [4.69, 9.17) is 5.73 Å². The molecule has 1 aliphatic heterocycles. The smallest absolute Gasteiger partial charge is 0.150 e.